The molecular formula is C13H13N3O2. The van der Waals surface area contributed by atoms with Gasteiger partial charge in [-0.05, 0) is 25.1 Å². The van der Waals surface area contributed by atoms with Gasteiger partial charge in [0.05, 0.1) is 5.56 Å². The SMILES string of the molecule is C/C=C/COC(=O)c1ccc(-n2cccn2)nc1. The highest BCUT2D eigenvalue weighted by Crippen LogP contribution is 2.05. The summed E-state index contributed by atoms with van der Waals surface area (Å²) in [6, 6.07) is 5.20. The van der Waals surface area contributed by atoms with E-state index in [2.05, 4.69) is 10.1 Å². The topological polar surface area (TPSA) is 57.0 Å². The predicted molar refractivity (Wildman–Crippen MR) is 66.5 cm³/mol. The van der Waals surface area contributed by atoms with Gasteiger partial charge in [0.25, 0.3) is 0 Å². The van der Waals surface area contributed by atoms with Crippen molar-refractivity contribution in [2.24, 2.45) is 0 Å². The van der Waals surface area contributed by atoms with Crippen molar-refractivity contribution in [3.63, 3.8) is 0 Å². The molecule has 0 aliphatic carbocycles. The molecule has 0 N–H and O–H groups in total. The Labute approximate surface area is 105 Å². The first-order valence-electron chi connectivity index (χ1n) is 5.55. The fourth-order valence-corrected chi connectivity index (χ4v) is 1.35. The van der Waals surface area contributed by atoms with Crippen LogP contribution in [0.3, 0.4) is 0 Å². The highest BCUT2D eigenvalue weighted by molar-refractivity contribution is 5.89. The van der Waals surface area contributed by atoms with Crippen LogP contribution in [0.1, 0.15) is 17.3 Å². The van der Waals surface area contributed by atoms with E-state index in [0.29, 0.717) is 11.4 Å². The number of hydrogen-bond donors (Lipinski definition) is 0. The Morgan fingerprint density at radius 3 is 3.00 bits per heavy atom. The maximum atomic E-state index is 11.6. The standard InChI is InChI=1S/C13H13N3O2/c1-2-3-9-18-13(17)11-5-6-12(14-10-11)16-8-4-7-15-16/h2-8,10H,9H2,1H3/b3-2+. The van der Waals surface area contributed by atoms with Crippen molar-refractivity contribution in [2.75, 3.05) is 6.61 Å². The number of rotatable bonds is 4. The monoisotopic (exact) mass is 243 g/mol. The first kappa shape index (κ1) is 12.0. The Kier molecular flexibility index (Phi) is 3.86. The summed E-state index contributed by atoms with van der Waals surface area (Å²) in [7, 11) is 0. The summed E-state index contributed by atoms with van der Waals surface area (Å²) in [6.07, 6.45) is 8.53. The van der Waals surface area contributed by atoms with Crippen LogP contribution >= 0.6 is 0 Å². The van der Waals surface area contributed by atoms with Gasteiger partial charge in [-0.25, -0.2) is 14.5 Å². The summed E-state index contributed by atoms with van der Waals surface area (Å²) in [5, 5.41) is 4.05. The van der Waals surface area contributed by atoms with Crippen molar-refractivity contribution in [3.05, 3.63) is 54.5 Å². The molecule has 2 rings (SSSR count). The Hall–Kier alpha value is -2.43. The van der Waals surface area contributed by atoms with E-state index in [1.54, 1.807) is 41.4 Å². The molecule has 0 radical (unpaired) electrons. The van der Waals surface area contributed by atoms with Crippen LogP contribution in [0.4, 0.5) is 0 Å². The van der Waals surface area contributed by atoms with Gasteiger partial charge in [-0.15, -0.1) is 0 Å². The fourth-order valence-electron chi connectivity index (χ4n) is 1.35. The van der Waals surface area contributed by atoms with E-state index >= 15 is 0 Å². The molecule has 0 saturated carbocycles. The summed E-state index contributed by atoms with van der Waals surface area (Å²) in [6.45, 7) is 2.14. The molecule has 5 heteroatoms. The highest BCUT2D eigenvalue weighted by atomic mass is 16.5. The van der Waals surface area contributed by atoms with Crippen molar-refractivity contribution in [1.29, 1.82) is 0 Å². The first-order valence-corrected chi connectivity index (χ1v) is 5.55. The van der Waals surface area contributed by atoms with E-state index < -0.39 is 0 Å². The molecule has 0 saturated heterocycles. The third-order valence-electron chi connectivity index (χ3n) is 2.27. The lowest BCUT2D eigenvalue weighted by Gasteiger charge is -2.03. The zero-order valence-electron chi connectivity index (χ0n) is 9.98. The number of hydrogen-bond acceptors (Lipinski definition) is 4. The molecule has 0 aliphatic heterocycles. The molecule has 2 aromatic rings. The molecular weight excluding hydrogens is 230 g/mol. The zero-order valence-corrected chi connectivity index (χ0v) is 9.98. The molecule has 0 fully saturated rings. The van der Waals surface area contributed by atoms with E-state index in [1.807, 2.05) is 13.0 Å². The molecule has 0 aromatic carbocycles. The molecule has 18 heavy (non-hydrogen) atoms. The van der Waals surface area contributed by atoms with Crippen LogP contribution in [0.25, 0.3) is 5.82 Å². The molecule has 0 aliphatic rings. The number of carbonyl (C=O) groups is 1. The van der Waals surface area contributed by atoms with Gasteiger partial charge < -0.3 is 4.74 Å². The molecule has 0 atom stereocenters. The maximum absolute atomic E-state index is 11.6. The lowest BCUT2D eigenvalue weighted by atomic mass is 10.3. The van der Waals surface area contributed by atoms with E-state index in [1.165, 1.54) is 6.20 Å². The minimum Gasteiger partial charge on any atom is -0.458 e. The van der Waals surface area contributed by atoms with Crippen LogP contribution in [0.5, 0.6) is 0 Å². The number of ether oxygens (including phenoxy) is 1. The van der Waals surface area contributed by atoms with Crippen LogP contribution in [0, 0.1) is 0 Å². The quantitative estimate of drug-likeness (QED) is 0.608. The minimum atomic E-state index is -0.382. The van der Waals surface area contributed by atoms with Crippen molar-refractivity contribution in [1.82, 2.24) is 14.8 Å². The van der Waals surface area contributed by atoms with Gasteiger partial charge in [0.1, 0.15) is 6.61 Å². The van der Waals surface area contributed by atoms with Gasteiger partial charge in [-0.1, -0.05) is 12.2 Å². The van der Waals surface area contributed by atoms with Gasteiger partial charge in [-0.2, -0.15) is 5.10 Å². The average molecular weight is 243 g/mol. The highest BCUT2D eigenvalue weighted by Gasteiger charge is 2.07. The summed E-state index contributed by atoms with van der Waals surface area (Å²) < 4.78 is 6.63. The van der Waals surface area contributed by atoms with Crippen LogP contribution in [0.15, 0.2) is 48.9 Å². The maximum Gasteiger partial charge on any atom is 0.340 e. The second-order valence-corrected chi connectivity index (χ2v) is 3.52. The fraction of sp³-hybridized carbons (Fsp3) is 0.154. The Morgan fingerprint density at radius 1 is 1.50 bits per heavy atom. The number of nitrogens with zero attached hydrogens (tertiary/aromatic N) is 3. The second kappa shape index (κ2) is 5.77. The number of esters is 1. The Balaban J connectivity index is 2.05. The number of pyridine rings is 1. The van der Waals surface area contributed by atoms with Crippen molar-refractivity contribution in [2.45, 2.75) is 6.92 Å². The lowest BCUT2D eigenvalue weighted by molar-refractivity contribution is 0.0549. The van der Waals surface area contributed by atoms with Gasteiger partial charge in [0.2, 0.25) is 0 Å². The second-order valence-electron chi connectivity index (χ2n) is 3.52. The first-order chi connectivity index (χ1) is 8.81. The smallest absolute Gasteiger partial charge is 0.340 e. The van der Waals surface area contributed by atoms with Gasteiger partial charge in [-0.3, -0.25) is 0 Å². The van der Waals surface area contributed by atoms with E-state index in [0.717, 1.165) is 0 Å². The van der Waals surface area contributed by atoms with Crippen LogP contribution in [-0.4, -0.2) is 27.3 Å². The number of allylic oxidation sites excluding steroid dienone is 1. The summed E-state index contributed by atoms with van der Waals surface area (Å²) in [5.74, 6) is 0.276. The third kappa shape index (κ3) is 2.82. The predicted octanol–water partition coefficient (Wildman–Crippen LogP) is 2.00. The summed E-state index contributed by atoms with van der Waals surface area (Å²) in [4.78, 5) is 15.8. The van der Waals surface area contributed by atoms with Crippen LogP contribution in [-0.2, 0) is 4.74 Å². The summed E-state index contributed by atoms with van der Waals surface area (Å²) >= 11 is 0. The molecule has 0 bridgehead atoms. The van der Waals surface area contributed by atoms with Gasteiger partial charge in [0, 0.05) is 18.6 Å². The van der Waals surface area contributed by atoms with Gasteiger partial charge >= 0.3 is 5.97 Å². The number of carbonyl (C=O) groups excluding carboxylic acids is 1. The molecule has 5 nitrogen and oxygen atoms in total. The molecule has 0 amide bonds. The normalized spacial score (nSPS) is 10.7. The molecule has 0 unspecified atom stereocenters. The van der Waals surface area contributed by atoms with Crippen molar-refractivity contribution in [3.8, 4) is 5.82 Å². The van der Waals surface area contributed by atoms with Gasteiger partial charge in [0.15, 0.2) is 5.82 Å². The Morgan fingerprint density at radius 2 is 2.39 bits per heavy atom. The number of aromatic nitrogens is 3. The van der Waals surface area contributed by atoms with Crippen molar-refractivity contribution >= 4 is 5.97 Å². The molecule has 2 aromatic heterocycles. The van der Waals surface area contributed by atoms with E-state index in [-0.39, 0.29) is 12.6 Å². The van der Waals surface area contributed by atoms with E-state index in [4.69, 9.17) is 4.74 Å². The van der Waals surface area contributed by atoms with E-state index in [9.17, 15) is 4.79 Å². The zero-order chi connectivity index (χ0) is 12.8. The molecule has 92 valence electrons. The minimum absolute atomic E-state index is 0.274. The van der Waals surface area contributed by atoms with Crippen LogP contribution < -0.4 is 0 Å². The largest absolute Gasteiger partial charge is 0.458 e. The molecule has 0 spiro atoms. The third-order valence-corrected chi connectivity index (χ3v) is 2.27. The van der Waals surface area contributed by atoms with Crippen LogP contribution in [0.2, 0.25) is 0 Å². The average Bonchev–Trinajstić information content (AvgIpc) is 2.93. The summed E-state index contributed by atoms with van der Waals surface area (Å²) in [5.41, 5.74) is 0.426. The van der Waals surface area contributed by atoms with Crippen molar-refractivity contribution < 1.29 is 9.53 Å². The Bertz CT molecular complexity index is 530. The molecule has 2 heterocycles. The lowest BCUT2D eigenvalue weighted by Crippen LogP contribution is -2.06.